The van der Waals surface area contributed by atoms with Gasteiger partial charge in [-0.1, -0.05) is 12.2 Å². The Hall–Kier alpha value is -3.64. The summed E-state index contributed by atoms with van der Waals surface area (Å²) >= 11 is 0. The van der Waals surface area contributed by atoms with Crippen molar-refractivity contribution < 1.29 is 30.8 Å². The molecule has 1 aromatic carbocycles. The molecular formula is C24H20F4N4O3S. The fourth-order valence-electron chi connectivity index (χ4n) is 3.75. The Morgan fingerprint density at radius 3 is 2.47 bits per heavy atom. The topological polar surface area (TPSA) is 92.3 Å². The van der Waals surface area contributed by atoms with Crippen LogP contribution in [-0.4, -0.2) is 41.2 Å². The Balaban J connectivity index is 1.47. The van der Waals surface area contributed by atoms with Crippen molar-refractivity contribution in [1.82, 2.24) is 19.6 Å². The zero-order valence-electron chi connectivity index (χ0n) is 18.7. The fourth-order valence-corrected chi connectivity index (χ4v) is 5.36. The average molecular weight is 521 g/mol. The lowest BCUT2D eigenvalue weighted by Gasteiger charge is -2.23. The number of nitrogens with one attached hydrogen (secondary N) is 1. The second-order valence-electron chi connectivity index (χ2n) is 8.16. The third-order valence-electron chi connectivity index (χ3n) is 5.58. The van der Waals surface area contributed by atoms with Crippen LogP contribution < -0.4 is 5.32 Å². The number of alkyl halides is 3. The van der Waals surface area contributed by atoms with Crippen LogP contribution in [0.1, 0.15) is 17.7 Å². The number of carbonyl (C=O) groups is 1. The van der Waals surface area contributed by atoms with Crippen molar-refractivity contribution in [2.75, 3.05) is 6.54 Å². The quantitative estimate of drug-likeness (QED) is 0.393. The SMILES string of the molecule is C=C1CC(C(=O)NCc2cc(-c3ccc(C(F)(F)F)cn3)ccn2)N(S(=O)(=O)c2ccc(F)cc2)C1. The number of halogens is 4. The van der Waals surface area contributed by atoms with Gasteiger partial charge in [0, 0.05) is 24.5 Å². The predicted octanol–water partition coefficient (Wildman–Crippen LogP) is 3.94. The molecule has 1 amide bonds. The first-order valence-corrected chi connectivity index (χ1v) is 12.1. The van der Waals surface area contributed by atoms with Gasteiger partial charge in [0.05, 0.1) is 28.4 Å². The van der Waals surface area contributed by atoms with Gasteiger partial charge in [-0.25, -0.2) is 12.8 Å². The minimum atomic E-state index is -4.50. The Kier molecular flexibility index (Phi) is 6.92. The molecule has 1 unspecified atom stereocenters. The monoisotopic (exact) mass is 520 g/mol. The summed E-state index contributed by atoms with van der Waals surface area (Å²) in [6.07, 6.45) is -2.21. The van der Waals surface area contributed by atoms with Crippen molar-refractivity contribution in [1.29, 1.82) is 0 Å². The highest BCUT2D eigenvalue weighted by atomic mass is 32.2. The van der Waals surface area contributed by atoms with Crippen molar-refractivity contribution in [2.45, 2.75) is 30.1 Å². The number of pyridine rings is 2. The predicted molar refractivity (Wildman–Crippen MR) is 122 cm³/mol. The Labute approximate surface area is 204 Å². The number of hydrogen-bond donors (Lipinski definition) is 1. The van der Waals surface area contributed by atoms with Crippen LogP contribution in [0, 0.1) is 5.82 Å². The molecule has 1 aliphatic rings. The molecule has 1 saturated heterocycles. The number of sulfonamides is 1. The molecule has 12 heteroatoms. The van der Waals surface area contributed by atoms with E-state index in [2.05, 4.69) is 21.9 Å². The van der Waals surface area contributed by atoms with Crippen LogP contribution in [0.4, 0.5) is 17.6 Å². The molecule has 1 atom stereocenters. The number of carbonyl (C=O) groups excluding carboxylic acids is 1. The summed E-state index contributed by atoms with van der Waals surface area (Å²) < 4.78 is 78.7. The second-order valence-corrected chi connectivity index (χ2v) is 10.0. The van der Waals surface area contributed by atoms with E-state index in [1.807, 2.05) is 0 Å². The molecule has 188 valence electrons. The number of hydrogen-bond acceptors (Lipinski definition) is 5. The molecule has 36 heavy (non-hydrogen) atoms. The first-order chi connectivity index (χ1) is 16.9. The molecule has 3 aromatic rings. The number of aromatic nitrogens is 2. The minimum absolute atomic E-state index is 0.0505. The Morgan fingerprint density at radius 1 is 1.11 bits per heavy atom. The highest BCUT2D eigenvalue weighted by Crippen LogP contribution is 2.30. The molecule has 1 aliphatic heterocycles. The maximum atomic E-state index is 13.2. The third kappa shape index (κ3) is 5.44. The smallest absolute Gasteiger partial charge is 0.349 e. The summed E-state index contributed by atoms with van der Waals surface area (Å²) in [5.41, 5.74) is 0.868. The lowest BCUT2D eigenvalue weighted by atomic mass is 10.1. The molecule has 2 aromatic heterocycles. The van der Waals surface area contributed by atoms with Gasteiger partial charge in [-0.05, 0) is 55.0 Å². The van der Waals surface area contributed by atoms with E-state index in [0.29, 0.717) is 22.5 Å². The highest BCUT2D eigenvalue weighted by Gasteiger charge is 2.41. The van der Waals surface area contributed by atoms with Crippen LogP contribution in [-0.2, 0) is 27.5 Å². The van der Waals surface area contributed by atoms with E-state index in [1.165, 1.54) is 12.3 Å². The van der Waals surface area contributed by atoms with Crippen molar-refractivity contribution in [3.8, 4) is 11.3 Å². The van der Waals surface area contributed by atoms with Gasteiger partial charge < -0.3 is 5.32 Å². The number of nitrogens with zero attached hydrogens (tertiary/aromatic N) is 3. The summed E-state index contributed by atoms with van der Waals surface area (Å²) in [5.74, 6) is -1.16. The Morgan fingerprint density at radius 2 is 1.83 bits per heavy atom. The number of benzene rings is 1. The van der Waals surface area contributed by atoms with E-state index in [4.69, 9.17) is 0 Å². The third-order valence-corrected chi connectivity index (χ3v) is 7.45. The summed E-state index contributed by atoms with van der Waals surface area (Å²) in [6.45, 7) is 3.70. The molecule has 4 rings (SSSR count). The normalized spacial score (nSPS) is 16.8. The van der Waals surface area contributed by atoms with E-state index in [-0.39, 0.29) is 24.4 Å². The largest absolute Gasteiger partial charge is 0.417 e. The minimum Gasteiger partial charge on any atom is -0.349 e. The fraction of sp³-hybridized carbons (Fsp3) is 0.208. The summed E-state index contributed by atoms with van der Waals surface area (Å²) in [4.78, 5) is 20.8. The summed E-state index contributed by atoms with van der Waals surface area (Å²) in [5, 5.41) is 2.65. The van der Waals surface area contributed by atoms with Gasteiger partial charge in [0.25, 0.3) is 0 Å². The molecule has 0 spiro atoms. The van der Waals surface area contributed by atoms with Crippen LogP contribution in [0.5, 0.6) is 0 Å². The lowest BCUT2D eigenvalue weighted by Crippen LogP contribution is -2.45. The van der Waals surface area contributed by atoms with Crippen molar-refractivity contribution >= 4 is 15.9 Å². The maximum Gasteiger partial charge on any atom is 0.417 e. The molecule has 3 heterocycles. The molecule has 0 aliphatic carbocycles. The summed E-state index contributed by atoms with van der Waals surface area (Å²) in [6, 6.07) is 8.56. The van der Waals surface area contributed by atoms with E-state index in [1.54, 1.807) is 12.1 Å². The van der Waals surface area contributed by atoms with Gasteiger partial charge in [0.15, 0.2) is 0 Å². The molecule has 0 radical (unpaired) electrons. The maximum absolute atomic E-state index is 13.2. The van der Waals surface area contributed by atoms with Gasteiger partial charge in [-0.3, -0.25) is 14.8 Å². The van der Waals surface area contributed by atoms with Crippen LogP contribution in [0.15, 0.2) is 78.0 Å². The molecule has 7 nitrogen and oxygen atoms in total. The van der Waals surface area contributed by atoms with Gasteiger partial charge in [0.1, 0.15) is 11.9 Å². The van der Waals surface area contributed by atoms with Crippen molar-refractivity contribution in [2.24, 2.45) is 0 Å². The highest BCUT2D eigenvalue weighted by molar-refractivity contribution is 7.89. The van der Waals surface area contributed by atoms with Gasteiger partial charge in [0.2, 0.25) is 15.9 Å². The Bertz CT molecular complexity index is 1390. The van der Waals surface area contributed by atoms with E-state index in [9.17, 15) is 30.8 Å². The second kappa shape index (κ2) is 9.78. The van der Waals surface area contributed by atoms with Crippen molar-refractivity contribution in [3.05, 3.63) is 90.2 Å². The zero-order chi connectivity index (χ0) is 26.1. The average Bonchev–Trinajstić information content (AvgIpc) is 3.25. The summed E-state index contributed by atoms with van der Waals surface area (Å²) in [7, 11) is -4.08. The van der Waals surface area contributed by atoms with Crippen LogP contribution in [0.3, 0.4) is 0 Å². The first-order valence-electron chi connectivity index (χ1n) is 10.7. The number of amides is 1. The van der Waals surface area contributed by atoms with Gasteiger partial charge >= 0.3 is 6.18 Å². The first kappa shape index (κ1) is 25.5. The molecular weight excluding hydrogens is 500 g/mol. The molecule has 1 N–H and O–H groups in total. The molecule has 0 bridgehead atoms. The van der Waals surface area contributed by atoms with Crippen molar-refractivity contribution in [3.63, 3.8) is 0 Å². The lowest BCUT2D eigenvalue weighted by molar-refractivity contribution is -0.137. The zero-order valence-corrected chi connectivity index (χ0v) is 19.5. The van der Waals surface area contributed by atoms with E-state index >= 15 is 0 Å². The number of rotatable bonds is 6. The van der Waals surface area contributed by atoms with Crippen LogP contribution in [0.2, 0.25) is 0 Å². The molecule has 1 fully saturated rings. The van der Waals surface area contributed by atoms with E-state index in [0.717, 1.165) is 40.8 Å². The molecule has 0 saturated carbocycles. The van der Waals surface area contributed by atoms with Crippen LogP contribution in [0.25, 0.3) is 11.3 Å². The van der Waals surface area contributed by atoms with E-state index < -0.39 is 39.5 Å². The van der Waals surface area contributed by atoms with Crippen LogP contribution >= 0.6 is 0 Å². The van der Waals surface area contributed by atoms with Gasteiger partial charge in [-0.15, -0.1) is 0 Å². The standard InChI is InChI=1S/C24H20F4N4O3S/c1-15-10-22(32(14-15)36(34,35)20-5-3-18(25)4-6-20)23(33)31-13-19-11-16(8-9-29-19)21-7-2-17(12-30-21)24(26,27)28/h2-9,11-12,22H,1,10,13-14H2,(H,31,33). The van der Waals surface area contributed by atoms with Gasteiger partial charge in [-0.2, -0.15) is 17.5 Å².